The first-order valence-electron chi connectivity index (χ1n) is 23.8. The molecule has 0 amide bonds. The number of hydrogen-bond donors (Lipinski definition) is 0. The maximum atomic E-state index is 4.42. The van der Waals surface area contributed by atoms with Crippen molar-refractivity contribution in [1.82, 2.24) is 0 Å². The van der Waals surface area contributed by atoms with Crippen LogP contribution in [0.4, 0.5) is 22.7 Å². The highest BCUT2D eigenvalue weighted by atomic mass is 15.2. The van der Waals surface area contributed by atoms with Gasteiger partial charge in [0.2, 0.25) is 0 Å². The van der Waals surface area contributed by atoms with Crippen molar-refractivity contribution in [2.75, 3.05) is 9.80 Å². The molecule has 1 aliphatic rings. The Bertz CT molecular complexity index is 3270. The van der Waals surface area contributed by atoms with Gasteiger partial charge in [-0.05, 0) is 159 Å². The molecular formula is C67H54N2. The van der Waals surface area contributed by atoms with Gasteiger partial charge in [0.15, 0.2) is 0 Å². The van der Waals surface area contributed by atoms with Gasteiger partial charge in [-0.1, -0.05) is 207 Å². The Morgan fingerprint density at radius 1 is 0.406 bits per heavy atom. The summed E-state index contributed by atoms with van der Waals surface area (Å²) in [6.45, 7) is 6.66. The van der Waals surface area contributed by atoms with E-state index in [4.69, 9.17) is 0 Å². The first-order chi connectivity index (χ1) is 34.1. The van der Waals surface area contributed by atoms with Crippen LogP contribution in [-0.4, -0.2) is 0 Å². The van der Waals surface area contributed by atoms with Crippen LogP contribution in [0.5, 0.6) is 0 Å². The monoisotopic (exact) mass is 886 g/mol. The van der Waals surface area contributed by atoms with Crippen LogP contribution in [-0.2, 0) is 0 Å². The van der Waals surface area contributed by atoms with Crippen LogP contribution in [0.3, 0.4) is 0 Å². The normalized spacial score (nSPS) is 12.7. The molecule has 0 saturated carbocycles. The zero-order valence-electron chi connectivity index (χ0n) is 39.0. The average Bonchev–Trinajstić information content (AvgIpc) is 3.44. The lowest BCUT2D eigenvalue weighted by Gasteiger charge is -2.28. The Labute approximate surface area is 408 Å². The van der Waals surface area contributed by atoms with Crippen LogP contribution in [0, 0.1) is 0 Å². The van der Waals surface area contributed by atoms with E-state index in [0.29, 0.717) is 0 Å². The summed E-state index contributed by atoms with van der Waals surface area (Å²) in [6.07, 6.45) is 13.2. The minimum absolute atomic E-state index is 0.963. The summed E-state index contributed by atoms with van der Waals surface area (Å²) in [5.74, 6) is 0. The summed E-state index contributed by atoms with van der Waals surface area (Å²) in [7, 11) is 0. The molecule has 0 saturated heterocycles. The molecule has 0 heterocycles. The van der Waals surface area contributed by atoms with Gasteiger partial charge >= 0.3 is 0 Å². The lowest BCUT2D eigenvalue weighted by Crippen LogP contribution is -2.16. The quantitative estimate of drug-likeness (QED) is 0.0793. The van der Waals surface area contributed by atoms with Crippen LogP contribution in [0.1, 0.15) is 30.9 Å². The van der Waals surface area contributed by atoms with Crippen LogP contribution in [0.25, 0.3) is 55.7 Å². The number of nitrogens with zero attached hydrogens (tertiary/aromatic N) is 2. The molecule has 0 atom stereocenters. The molecule has 0 spiro atoms. The minimum Gasteiger partial charge on any atom is -0.311 e. The van der Waals surface area contributed by atoms with Crippen LogP contribution < -0.4 is 9.80 Å². The van der Waals surface area contributed by atoms with Gasteiger partial charge in [-0.15, -0.1) is 0 Å². The summed E-state index contributed by atoms with van der Waals surface area (Å²) in [4.78, 5) is 4.66. The molecule has 2 nitrogen and oxygen atoms in total. The summed E-state index contributed by atoms with van der Waals surface area (Å²) >= 11 is 0. The average molecular weight is 887 g/mol. The lowest BCUT2D eigenvalue weighted by molar-refractivity contribution is 0.997. The van der Waals surface area contributed by atoms with Crippen molar-refractivity contribution in [1.29, 1.82) is 0 Å². The van der Waals surface area contributed by atoms with E-state index in [1.807, 2.05) is 6.08 Å². The van der Waals surface area contributed by atoms with E-state index in [1.54, 1.807) is 0 Å². The van der Waals surface area contributed by atoms with Gasteiger partial charge in [0, 0.05) is 34.1 Å². The Hall–Kier alpha value is -8.72. The van der Waals surface area contributed by atoms with E-state index >= 15 is 0 Å². The van der Waals surface area contributed by atoms with Crippen molar-refractivity contribution in [2.24, 2.45) is 0 Å². The number of allylic oxidation sites excluding steroid dienone is 7. The lowest BCUT2D eigenvalue weighted by atomic mass is 9.91. The van der Waals surface area contributed by atoms with Gasteiger partial charge in [-0.2, -0.15) is 0 Å². The molecule has 332 valence electrons. The van der Waals surface area contributed by atoms with Gasteiger partial charge in [0.1, 0.15) is 0 Å². The molecular weight excluding hydrogens is 833 g/mol. The van der Waals surface area contributed by atoms with Gasteiger partial charge < -0.3 is 9.80 Å². The molecule has 1 aliphatic carbocycles. The summed E-state index contributed by atoms with van der Waals surface area (Å²) < 4.78 is 0. The second-order valence-electron chi connectivity index (χ2n) is 17.3. The zero-order chi connectivity index (χ0) is 46.8. The van der Waals surface area contributed by atoms with Crippen molar-refractivity contribution in [2.45, 2.75) is 19.8 Å². The van der Waals surface area contributed by atoms with Crippen molar-refractivity contribution in [3.63, 3.8) is 0 Å². The van der Waals surface area contributed by atoms with E-state index in [-0.39, 0.29) is 0 Å². The van der Waals surface area contributed by atoms with E-state index in [1.165, 1.54) is 44.6 Å². The first-order valence-corrected chi connectivity index (χ1v) is 23.8. The molecule has 0 N–H and O–H groups in total. The minimum atomic E-state index is 0.963. The predicted octanol–water partition coefficient (Wildman–Crippen LogP) is 18.6. The van der Waals surface area contributed by atoms with Crippen molar-refractivity contribution < 1.29 is 0 Å². The second-order valence-corrected chi connectivity index (χ2v) is 17.3. The molecule has 0 aliphatic heterocycles. The van der Waals surface area contributed by atoms with Crippen molar-refractivity contribution in [3.05, 3.63) is 302 Å². The van der Waals surface area contributed by atoms with E-state index in [9.17, 15) is 0 Å². The van der Waals surface area contributed by atoms with Crippen LogP contribution in [0.15, 0.2) is 291 Å². The smallest absolute Gasteiger partial charge is 0.0462 e. The number of anilines is 4. The SMILES string of the molecule is C=C/C(=C\C(=C(/C)c1ccc(-c2ccc(N(C3=CCCC=C3)c3ccc(-c4ccccc4)cc3)cc2)cc1)c1cccc(-c2ccccc2)c1)N(c1ccccc1)c1ccc(-c2ccccc2)cc1. The van der Waals surface area contributed by atoms with Gasteiger partial charge in [-0.25, -0.2) is 0 Å². The van der Waals surface area contributed by atoms with Gasteiger partial charge in [0.25, 0.3) is 0 Å². The molecule has 69 heavy (non-hydrogen) atoms. The standard InChI is InChI=1S/C67H54N2/c1-3-61(68(62-28-15-7-16-29-62)64-42-36-56(37-43-64)52-20-9-4-10-21-52)49-67(60-27-19-26-59(48-60)54-24-13-6-14-25-54)50(2)51-32-34-55(35-33-51)58-40-46-66(47-41-58)69(63-30-17-8-18-31-63)65-44-38-57(39-45-65)53-22-11-5-12-23-53/h3-7,9-17,19-49H,1,8,18H2,2H3/b61-49+,67-50-. The van der Waals surface area contributed by atoms with Crippen molar-refractivity contribution in [3.8, 4) is 44.5 Å². The molecule has 0 radical (unpaired) electrons. The third-order valence-electron chi connectivity index (χ3n) is 12.9. The molecule has 0 unspecified atom stereocenters. The fourth-order valence-electron chi connectivity index (χ4n) is 9.24. The maximum Gasteiger partial charge on any atom is 0.0462 e. The highest BCUT2D eigenvalue weighted by Gasteiger charge is 2.18. The van der Waals surface area contributed by atoms with E-state index in [2.05, 4.69) is 290 Å². The summed E-state index contributed by atoms with van der Waals surface area (Å²) in [5.41, 5.74) is 20.5. The van der Waals surface area contributed by atoms with E-state index in [0.717, 1.165) is 69.1 Å². The highest BCUT2D eigenvalue weighted by Crippen LogP contribution is 2.39. The fraction of sp³-hybridized carbons (Fsp3) is 0.0448. The number of rotatable bonds is 14. The number of para-hydroxylation sites is 1. The van der Waals surface area contributed by atoms with Gasteiger partial charge in [0.05, 0.1) is 0 Å². The topological polar surface area (TPSA) is 6.48 Å². The second kappa shape index (κ2) is 20.8. The summed E-state index contributed by atoms with van der Waals surface area (Å²) in [5, 5.41) is 0. The third-order valence-corrected chi connectivity index (χ3v) is 12.9. The first kappa shape index (κ1) is 44.1. The maximum absolute atomic E-state index is 4.42. The highest BCUT2D eigenvalue weighted by molar-refractivity contribution is 5.97. The number of hydrogen-bond acceptors (Lipinski definition) is 2. The molecule has 0 aromatic heterocycles. The largest absolute Gasteiger partial charge is 0.311 e. The molecule has 0 bridgehead atoms. The molecule has 0 fully saturated rings. The van der Waals surface area contributed by atoms with Crippen LogP contribution >= 0.6 is 0 Å². The molecule has 2 heteroatoms. The van der Waals surface area contributed by atoms with E-state index < -0.39 is 0 Å². The Balaban J connectivity index is 1.01. The Morgan fingerprint density at radius 3 is 1.30 bits per heavy atom. The Morgan fingerprint density at radius 2 is 0.826 bits per heavy atom. The predicted molar refractivity (Wildman–Crippen MR) is 295 cm³/mol. The molecule has 9 aromatic carbocycles. The Kier molecular flexibility index (Phi) is 13.3. The summed E-state index contributed by atoms with van der Waals surface area (Å²) in [6, 6.07) is 86.9. The molecule has 9 aromatic rings. The van der Waals surface area contributed by atoms with Gasteiger partial charge in [-0.3, -0.25) is 0 Å². The number of benzene rings is 9. The van der Waals surface area contributed by atoms with Crippen molar-refractivity contribution >= 4 is 33.9 Å². The van der Waals surface area contributed by atoms with Crippen LogP contribution in [0.2, 0.25) is 0 Å². The fourth-order valence-corrected chi connectivity index (χ4v) is 9.24. The molecule has 10 rings (SSSR count). The third kappa shape index (κ3) is 10.0. The zero-order valence-corrected chi connectivity index (χ0v) is 39.0.